The van der Waals surface area contributed by atoms with Gasteiger partial charge in [-0.3, -0.25) is 9.69 Å². The molecule has 1 saturated heterocycles. The monoisotopic (exact) mass is 759 g/mol. The van der Waals surface area contributed by atoms with E-state index in [9.17, 15) is 15.5 Å². The predicted octanol–water partition coefficient (Wildman–Crippen LogP) is 7.15. The number of aromatic hydroxyl groups is 1. The molecule has 7 rings (SSSR count). The van der Waals surface area contributed by atoms with Gasteiger partial charge in [0, 0.05) is 74.0 Å². The number of nitriles is 1. The van der Waals surface area contributed by atoms with Gasteiger partial charge in [-0.15, -0.1) is 0 Å². The lowest BCUT2D eigenvalue weighted by molar-refractivity contribution is 0.0193. The Kier molecular flexibility index (Phi) is 11.2. The molecule has 2 atom stereocenters. The number of aromatic nitrogens is 1. The summed E-state index contributed by atoms with van der Waals surface area (Å²) in [6, 6.07) is 28.1. The van der Waals surface area contributed by atoms with Crippen LogP contribution in [-0.2, 0) is 31.3 Å². The van der Waals surface area contributed by atoms with Gasteiger partial charge in [-0.2, -0.15) is 5.26 Å². The lowest BCUT2D eigenvalue weighted by Crippen LogP contribution is -2.52. The average Bonchev–Trinajstić information content (AvgIpc) is 3.50. The summed E-state index contributed by atoms with van der Waals surface area (Å²) in [5, 5.41) is 32.7. The highest BCUT2D eigenvalue weighted by molar-refractivity contribution is 6.32. The molecule has 0 spiro atoms. The number of aliphatic hydroxyl groups excluding tert-OH is 1. The first-order valence-electron chi connectivity index (χ1n) is 18.5. The van der Waals surface area contributed by atoms with Crippen molar-refractivity contribution in [1.82, 2.24) is 14.4 Å². The van der Waals surface area contributed by atoms with Gasteiger partial charge in [-0.05, 0) is 91.1 Å². The number of anilines is 1. The highest BCUT2D eigenvalue weighted by Gasteiger charge is 2.34. The topological polar surface area (TPSA) is 114 Å². The molecule has 3 heterocycles. The van der Waals surface area contributed by atoms with Crippen LogP contribution in [0.2, 0.25) is 5.02 Å². The highest BCUT2D eigenvalue weighted by Crippen LogP contribution is 2.39. The molecule has 284 valence electrons. The largest absolute Gasteiger partial charge is 0.508 e. The first-order chi connectivity index (χ1) is 26.6. The predicted molar refractivity (Wildman–Crippen MR) is 213 cm³/mol. The molecule has 4 aromatic carbocycles. The number of morpholine rings is 1. The summed E-state index contributed by atoms with van der Waals surface area (Å²) < 4.78 is 13.2. The van der Waals surface area contributed by atoms with E-state index < -0.39 is 6.23 Å². The Morgan fingerprint density at radius 2 is 1.76 bits per heavy atom. The standard InChI is InChI=1S/C44H46ClN5O5/c1-28-31(10-7-11-42(28)54-4)25-49(34-12-14-36(51)15-13-34)43(52)37-23-41(47(3)29(37)2)38-22-40(45)33(24-46)21-39(38)44(53)50-26-32-9-6-5-8-30(32)20-35(50)27-48-16-18-55-19-17-48/h5-15,21-23,35,43,51-52H,16-20,25-27H2,1-4H3/t35-,43?/m0/s1. The number of hydrogen-bond acceptors (Lipinski definition) is 8. The van der Waals surface area contributed by atoms with E-state index in [1.807, 2.05) is 71.7 Å². The Morgan fingerprint density at radius 1 is 1.04 bits per heavy atom. The molecular weight excluding hydrogens is 714 g/mol. The number of amides is 1. The summed E-state index contributed by atoms with van der Waals surface area (Å²) in [6.07, 6.45) is -0.410. The Hall–Kier alpha value is -5.31. The first kappa shape index (κ1) is 38.0. The molecule has 0 radical (unpaired) electrons. The average molecular weight is 760 g/mol. The Bertz CT molecular complexity index is 2240. The number of phenolic OH excluding ortho intramolecular Hbond substituents is 1. The van der Waals surface area contributed by atoms with Gasteiger partial charge in [-0.1, -0.05) is 48.0 Å². The molecule has 2 aliphatic rings. The second-order valence-corrected chi connectivity index (χ2v) is 14.8. The van der Waals surface area contributed by atoms with E-state index in [0.29, 0.717) is 67.3 Å². The lowest BCUT2D eigenvalue weighted by atomic mass is 9.91. The molecule has 1 unspecified atom stereocenters. The number of aliphatic hydroxyl groups is 1. The third kappa shape index (κ3) is 7.66. The molecule has 0 saturated carbocycles. The van der Waals surface area contributed by atoms with Crippen LogP contribution in [-0.4, -0.2) is 76.5 Å². The van der Waals surface area contributed by atoms with Crippen molar-refractivity contribution in [3.05, 3.63) is 135 Å². The molecule has 1 aromatic heterocycles. The summed E-state index contributed by atoms with van der Waals surface area (Å²) in [7, 11) is 3.53. The maximum absolute atomic E-state index is 15.0. The summed E-state index contributed by atoms with van der Waals surface area (Å²) in [5.41, 5.74) is 8.19. The minimum absolute atomic E-state index is 0.0963. The number of nitrogens with zero attached hydrogens (tertiary/aromatic N) is 5. The second-order valence-electron chi connectivity index (χ2n) is 14.4. The van der Waals surface area contributed by atoms with Gasteiger partial charge in [0.2, 0.25) is 0 Å². The number of carbonyl (C=O) groups excluding carboxylic acids is 1. The van der Waals surface area contributed by atoms with Crippen molar-refractivity contribution in [3.8, 4) is 28.8 Å². The van der Waals surface area contributed by atoms with E-state index in [0.717, 1.165) is 41.2 Å². The maximum Gasteiger partial charge on any atom is 0.255 e. The molecule has 55 heavy (non-hydrogen) atoms. The van der Waals surface area contributed by atoms with Crippen LogP contribution >= 0.6 is 11.6 Å². The zero-order chi connectivity index (χ0) is 38.8. The van der Waals surface area contributed by atoms with Gasteiger partial charge in [0.1, 0.15) is 17.6 Å². The van der Waals surface area contributed by atoms with E-state index in [4.69, 9.17) is 21.1 Å². The van der Waals surface area contributed by atoms with Crippen LogP contribution in [0.25, 0.3) is 11.3 Å². The number of methoxy groups -OCH3 is 1. The minimum atomic E-state index is -1.13. The number of fused-ring (bicyclic) bond motifs is 1. The number of benzene rings is 4. The Morgan fingerprint density at radius 3 is 2.47 bits per heavy atom. The fourth-order valence-electron chi connectivity index (χ4n) is 7.88. The Balaban J connectivity index is 1.30. The molecule has 5 aromatic rings. The van der Waals surface area contributed by atoms with Gasteiger partial charge in [0.25, 0.3) is 5.91 Å². The van der Waals surface area contributed by atoms with Crippen molar-refractivity contribution in [3.63, 3.8) is 0 Å². The molecule has 0 bridgehead atoms. The summed E-state index contributed by atoms with van der Waals surface area (Å²) in [5.74, 6) is 0.680. The Labute approximate surface area is 327 Å². The summed E-state index contributed by atoms with van der Waals surface area (Å²) in [6.45, 7) is 8.33. The molecule has 11 heteroatoms. The fourth-order valence-corrected chi connectivity index (χ4v) is 8.09. The molecule has 2 aliphatic heterocycles. The van der Waals surface area contributed by atoms with Crippen molar-refractivity contribution < 1.29 is 24.5 Å². The van der Waals surface area contributed by atoms with Crippen molar-refractivity contribution in [2.75, 3.05) is 44.9 Å². The smallest absolute Gasteiger partial charge is 0.255 e. The highest BCUT2D eigenvalue weighted by atomic mass is 35.5. The van der Waals surface area contributed by atoms with Crippen LogP contribution < -0.4 is 9.64 Å². The number of halogens is 1. The van der Waals surface area contributed by atoms with Crippen LogP contribution in [0.5, 0.6) is 11.5 Å². The van der Waals surface area contributed by atoms with Crippen molar-refractivity contribution in [2.45, 2.75) is 45.6 Å². The summed E-state index contributed by atoms with van der Waals surface area (Å²) >= 11 is 6.74. The molecule has 0 aliphatic carbocycles. The van der Waals surface area contributed by atoms with Crippen LogP contribution in [0.15, 0.2) is 84.9 Å². The minimum Gasteiger partial charge on any atom is -0.508 e. The lowest BCUT2D eigenvalue weighted by Gasteiger charge is -2.40. The van der Waals surface area contributed by atoms with E-state index in [-0.39, 0.29) is 28.3 Å². The molecule has 10 nitrogen and oxygen atoms in total. The fraction of sp³-hybridized carbons (Fsp3) is 0.318. The molecule has 2 N–H and O–H groups in total. The van der Waals surface area contributed by atoms with E-state index in [1.54, 1.807) is 43.5 Å². The van der Waals surface area contributed by atoms with Crippen molar-refractivity contribution in [1.29, 1.82) is 5.26 Å². The number of ether oxygens (including phenoxy) is 2. The number of carbonyl (C=O) groups is 1. The van der Waals surface area contributed by atoms with Gasteiger partial charge in [-0.25, -0.2) is 0 Å². The number of hydrogen-bond donors (Lipinski definition) is 2. The van der Waals surface area contributed by atoms with Gasteiger partial charge in [0.15, 0.2) is 6.23 Å². The van der Waals surface area contributed by atoms with Gasteiger partial charge >= 0.3 is 0 Å². The second kappa shape index (κ2) is 16.2. The zero-order valence-electron chi connectivity index (χ0n) is 31.6. The van der Waals surface area contributed by atoms with Crippen LogP contribution in [0.1, 0.15) is 55.7 Å². The summed E-state index contributed by atoms with van der Waals surface area (Å²) in [4.78, 5) is 21.2. The van der Waals surface area contributed by atoms with Crippen LogP contribution in [0.4, 0.5) is 5.69 Å². The van der Waals surface area contributed by atoms with E-state index >= 15 is 4.79 Å². The molecular formula is C44H46ClN5O5. The van der Waals surface area contributed by atoms with Crippen LogP contribution in [0.3, 0.4) is 0 Å². The zero-order valence-corrected chi connectivity index (χ0v) is 32.4. The van der Waals surface area contributed by atoms with Gasteiger partial charge in [0.05, 0.1) is 36.5 Å². The SMILES string of the molecule is COc1cccc(CN(c2ccc(O)cc2)C(O)c2cc(-c3cc(Cl)c(C#N)cc3C(=O)N3Cc4ccccc4C[C@H]3CN3CCOCC3)n(C)c2C)c1C. The van der Waals surface area contributed by atoms with E-state index in [2.05, 4.69) is 23.1 Å². The molecule has 1 amide bonds. The number of phenols is 1. The first-order valence-corrected chi connectivity index (χ1v) is 18.9. The number of rotatable bonds is 10. The molecule has 1 fully saturated rings. The normalized spacial score (nSPS) is 16.3. The van der Waals surface area contributed by atoms with Crippen molar-refractivity contribution >= 4 is 23.2 Å². The third-order valence-corrected chi connectivity index (χ3v) is 11.5. The maximum atomic E-state index is 15.0. The quantitative estimate of drug-likeness (QED) is 0.145. The third-order valence-electron chi connectivity index (χ3n) is 11.2. The van der Waals surface area contributed by atoms with Crippen molar-refractivity contribution in [2.24, 2.45) is 7.05 Å². The van der Waals surface area contributed by atoms with E-state index in [1.165, 1.54) is 5.56 Å². The van der Waals surface area contributed by atoms with Gasteiger partial charge < -0.3 is 34.1 Å². The van der Waals surface area contributed by atoms with Crippen LogP contribution in [0, 0.1) is 25.2 Å².